The lowest BCUT2D eigenvalue weighted by Gasteiger charge is -2.15. The molecule has 0 radical (unpaired) electrons. The number of rotatable bonds is 5. The standard InChI is InChI=1S/C40H27FN4/c1-26-19-22-37-34(23-26)33-17-8-9-18-36(33)45(37)31-20-21-32(29-15-10-16-30(41)24-29)35(25-31)40-43-38(27-11-4-2-5-12-27)42-39(44-40)28-13-6-3-7-14-28/h2-25H,1H3. The summed E-state index contributed by atoms with van der Waals surface area (Å²) in [5, 5.41) is 2.38. The van der Waals surface area contributed by atoms with Crippen LogP contribution in [-0.4, -0.2) is 19.5 Å². The molecule has 0 aliphatic heterocycles. The lowest BCUT2D eigenvalue weighted by atomic mass is 9.98. The van der Waals surface area contributed by atoms with E-state index in [1.165, 1.54) is 22.4 Å². The second kappa shape index (κ2) is 11.0. The summed E-state index contributed by atoms with van der Waals surface area (Å²) in [4.78, 5) is 15.0. The number of benzene rings is 6. The van der Waals surface area contributed by atoms with Crippen LogP contribution in [0.3, 0.4) is 0 Å². The van der Waals surface area contributed by atoms with Crippen LogP contribution in [0.25, 0.3) is 72.8 Å². The van der Waals surface area contributed by atoms with Crippen molar-refractivity contribution in [1.29, 1.82) is 0 Å². The van der Waals surface area contributed by atoms with Crippen LogP contribution in [0.2, 0.25) is 0 Å². The fourth-order valence-corrected chi connectivity index (χ4v) is 6.06. The monoisotopic (exact) mass is 582 g/mol. The van der Waals surface area contributed by atoms with Crippen LogP contribution in [0.1, 0.15) is 5.56 Å². The molecule has 0 saturated heterocycles. The van der Waals surface area contributed by atoms with Crippen LogP contribution in [0.4, 0.5) is 4.39 Å². The summed E-state index contributed by atoms with van der Waals surface area (Å²) in [6, 6.07) is 47.8. The van der Waals surface area contributed by atoms with E-state index in [2.05, 4.69) is 66.1 Å². The minimum absolute atomic E-state index is 0.300. The Bertz CT molecular complexity index is 2290. The Balaban J connectivity index is 1.43. The van der Waals surface area contributed by atoms with Crippen LogP contribution in [-0.2, 0) is 0 Å². The van der Waals surface area contributed by atoms with Crippen LogP contribution in [0, 0.1) is 12.7 Å². The van der Waals surface area contributed by atoms with Gasteiger partial charge in [-0.3, -0.25) is 0 Å². The second-order valence-corrected chi connectivity index (χ2v) is 11.2. The fraction of sp³-hybridized carbons (Fsp3) is 0.0250. The van der Waals surface area contributed by atoms with Crippen molar-refractivity contribution >= 4 is 21.8 Å². The highest BCUT2D eigenvalue weighted by atomic mass is 19.1. The normalized spacial score (nSPS) is 11.3. The number of para-hydroxylation sites is 1. The van der Waals surface area contributed by atoms with Gasteiger partial charge in [-0.25, -0.2) is 19.3 Å². The van der Waals surface area contributed by atoms with Crippen LogP contribution >= 0.6 is 0 Å². The first-order valence-electron chi connectivity index (χ1n) is 14.9. The molecule has 6 aromatic carbocycles. The highest BCUT2D eigenvalue weighted by molar-refractivity contribution is 6.09. The second-order valence-electron chi connectivity index (χ2n) is 11.2. The van der Waals surface area contributed by atoms with Gasteiger partial charge in [-0.05, 0) is 60.5 Å². The lowest BCUT2D eigenvalue weighted by molar-refractivity contribution is 0.628. The van der Waals surface area contributed by atoms with Gasteiger partial charge in [-0.2, -0.15) is 0 Å². The summed E-state index contributed by atoms with van der Waals surface area (Å²) in [7, 11) is 0. The predicted octanol–water partition coefficient (Wildman–Crippen LogP) is 10.1. The fourth-order valence-electron chi connectivity index (χ4n) is 6.06. The first-order valence-corrected chi connectivity index (χ1v) is 14.9. The van der Waals surface area contributed by atoms with Crippen molar-refractivity contribution < 1.29 is 4.39 Å². The molecule has 5 heteroatoms. The molecule has 0 atom stereocenters. The number of halogens is 1. The summed E-state index contributed by atoms with van der Waals surface area (Å²) in [5.41, 5.74) is 8.52. The maximum absolute atomic E-state index is 14.6. The molecule has 0 unspecified atom stereocenters. The molecule has 2 heterocycles. The molecule has 0 fully saturated rings. The number of hydrogen-bond donors (Lipinski definition) is 0. The first kappa shape index (κ1) is 26.7. The average Bonchev–Trinajstić information content (AvgIpc) is 3.42. The molecular weight excluding hydrogens is 555 g/mol. The molecule has 0 bridgehead atoms. The van der Waals surface area contributed by atoms with E-state index in [-0.39, 0.29) is 5.82 Å². The molecule has 8 rings (SSSR count). The van der Waals surface area contributed by atoms with Crippen LogP contribution in [0.5, 0.6) is 0 Å². The summed E-state index contributed by atoms with van der Waals surface area (Å²) < 4.78 is 16.9. The van der Waals surface area contributed by atoms with Crippen LogP contribution in [0.15, 0.2) is 146 Å². The van der Waals surface area contributed by atoms with Gasteiger partial charge in [-0.1, -0.05) is 109 Å². The zero-order valence-corrected chi connectivity index (χ0v) is 24.5. The van der Waals surface area contributed by atoms with E-state index >= 15 is 0 Å². The van der Waals surface area contributed by atoms with E-state index in [9.17, 15) is 4.39 Å². The quantitative estimate of drug-likeness (QED) is 0.203. The van der Waals surface area contributed by atoms with Gasteiger partial charge < -0.3 is 4.57 Å². The maximum atomic E-state index is 14.6. The van der Waals surface area contributed by atoms with Crippen molar-refractivity contribution in [1.82, 2.24) is 19.5 Å². The number of aromatic nitrogens is 4. The summed E-state index contributed by atoms with van der Waals surface area (Å²) in [6.07, 6.45) is 0. The van der Waals surface area contributed by atoms with Gasteiger partial charge >= 0.3 is 0 Å². The van der Waals surface area contributed by atoms with Crippen molar-refractivity contribution in [2.24, 2.45) is 0 Å². The molecule has 45 heavy (non-hydrogen) atoms. The van der Waals surface area contributed by atoms with E-state index in [4.69, 9.17) is 15.0 Å². The molecule has 0 aliphatic carbocycles. The van der Waals surface area contributed by atoms with Gasteiger partial charge in [0.05, 0.1) is 11.0 Å². The number of hydrogen-bond acceptors (Lipinski definition) is 3. The van der Waals surface area contributed by atoms with E-state index in [0.29, 0.717) is 17.5 Å². The van der Waals surface area contributed by atoms with E-state index in [0.717, 1.165) is 44.5 Å². The van der Waals surface area contributed by atoms with Gasteiger partial charge in [0, 0.05) is 33.2 Å². The zero-order valence-electron chi connectivity index (χ0n) is 24.5. The van der Waals surface area contributed by atoms with Gasteiger partial charge in [-0.15, -0.1) is 0 Å². The molecule has 2 aromatic heterocycles. The Morgan fingerprint density at radius 2 is 1.09 bits per heavy atom. The third-order valence-electron chi connectivity index (χ3n) is 8.17. The molecule has 0 amide bonds. The predicted molar refractivity (Wildman–Crippen MR) is 181 cm³/mol. The Kier molecular flexibility index (Phi) is 6.50. The SMILES string of the molecule is Cc1ccc2c(c1)c1ccccc1n2-c1ccc(-c2cccc(F)c2)c(-c2nc(-c3ccccc3)nc(-c3ccccc3)n2)c1. The third-order valence-corrected chi connectivity index (χ3v) is 8.17. The Labute approximate surface area is 260 Å². The summed E-state index contributed by atoms with van der Waals surface area (Å²) in [6.45, 7) is 2.12. The Hall–Kier alpha value is -5.94. The topological polar surface area (TPSA) is 43.6 Å². The zero-order chi connectivity index (χ0) is 30.3. The molecule has 0 saturated carbocycles. The van der Waals surface area contributed by atoms with Crippen molar-refractivity contribution in [3.05, 3.63) is 157 Å². The molecule has 4 nitrogen and oxygen atoms in total. The van der Waals surface area contributed by atoms with Gasteiger partial charge in [0.2, 0.25) is 0 Å². The molecule has 0 aliphatic rings. The molecule has 8 aromatic rings. The highest BCUT2D eigenvalue weighted by Gasteiger charge is 2.19. The van der Waals surface area contributed by atoms with Crippen LogP contribution < -0.4 is 0 Å². The Morgan fingerprint density at radius 1 is 0.467 bits per heavy atom. The number of nitrogens with zero attached hydrogens (tertiary/aromatic N) is 4. The maximum Gasteiger partial charge on any atom is 0.164 e. The van der Waals surface area contributed by atoms with E-state index < -0.39 is 0 Å². The number of aryl methyl sites for hydroxylation is 1. The van der Waals surface area contributed by atoms with E-state index in [1.807, 2.05) is 72.8 Å². The summed E-state index contributed by atoms with van der Waals surface area (Å²) in [5.74, 6) is 1.36. The average molecular weight is 583 g/mol. The lowest BCUT2D eigenvalue weighted by Crippen LogP contribution is -2.02. The van der Waals surface area contributed by atoms with Gasteiger partial charge in [0.25, 0.3) is 0 Å². The van der Waals surface area contributed by atoms with Gasteiger partial charge in [0.1, 0.15) is 5.82 Å². The van der Waals surface area contributed by atoms with Crippen molar-refractivity contribution in [3.63, 3.8) is 0 Å². The minimum atomic E-state index is -0.300. The molecule has 0 N–H and O–H groups in total. The smallest absolute Gasteiger partial charge is 0.164 e. The first-order chi connectivity index (χ1) is 22.1. The molecule has 0 spiro atoms. The number of fused-ring (bicyclic) bond motifs is 3. The Morgan fingerprint density at radius 3 is 1.80 bits per heavy atom. The van der Waals surface area contributed by atoms with E-state index in [1.54, 1.807) is 12.1 Å². The van der Waals surface area contributed by atoms with Crippen molar-refractivity contribution in [2.45, 2.75) is 6.92 Å². The third kappa shape index (κ3) is 4.85. The summed E-state index contributed by atoms with van der Waals surface area (Å²) >= 11 is 0. The molecule has 214 valence electrons. The largest absolute Gasteiger partial charge is 0.309 e. The van der Waals surface area contributed by atoms with Crippen molar-refractivity contribution in [3.8, 4) is 51.0 Å². The van der Waals surface area contributed by atoms with Crippen molar-refractivity contribution in [2.75, 3.05) is 0 Å². The molecular formula is C40H27FN4. The van der Waals surface area contributed by atoms with Gasteiger partial charge in [0.15, 0.2) is 17.5 Å². The highest BCUT2D eigenvalue weighted by Crippen LogP contribution is 2.38. The minimum Gasteiger partial charge on any atom is -0.309 e.